The lowest BCUT2D eigenvalue weighted by atomic mass is 10.1. The molecule has 1 aromatic carbocycles. The highest BCUT2D eigenvalue weighted by Gasteiger charge is 2.16. The molecule has 2 rings (SSSR count). The van der Waals surface area contributed by atoms with Gasteiger partial charge in [-0.25, -0.2) is 0 Å². The fourth-order valence-electron chi connectivity index (χ4n) is 2.15. The van der Waals surface area contributed by atoms with Crippen LogP contribution in [0.3, 0.4) is 0 Å². The Hall–Kier alpha value is -2.18. The summed E-state index contributed by atoms with van der Waals surface area (Å²) in [5.41, 5.74) is 2.75. The van der Waals surface area contributed by atoms with Crippen LogP contribution in [0.25, 0.3) is 10.4 Å². The highest BCUT2D eigenvalue weighted by atomic mass is 32.1. The fourth-order valence-corrected chi connectivity index (χ4v) is 3.07. The molecular formula is C17H20N2O3S. The molecule has 5 nitrogen and oxygen atoms in total. The van der Waals surface area contributed by atoms with Crippen molar-refractivity contribution in [2.24, 2.45) is 0 Å². The molecule has 0 saturated heterocycles. The molecule has 3 N–H and O–H groups in total. The van der Waals surface area contributed by atoms with Gasteiger partial charge in [0.25, 0.3) is 0 Å². The van der Waals surface area contributed by atoms with Crippen molar-refractivity contribution < 1.29 is 14.7 Å². The van der Waals surface area contributed by atoms with Crippen molar-refractivity contribution in [2.75, 3.05) is 11.9 Å². The summed E-state index contributed by atoms with van der Waals surface area (Å²) >= 11 is 1.63. The number of amides is 2. The number of aryl methyl sites for hydroxylation is 1. The van der Waals surface area contributed by atoms with Crippen LogP contribution in [0.4, 0.5) is 5.69 Å². The van der Waals surface area contributed by atoms with Gasteiger partial charge in [0, 0.05) is 23.2 Å². The van der Waals surface area contributed by atoms with E-state index in [9.17, 15) is 9.59 Å². The van der Waals surface area contributed by atoms with Gasteiger partial charge in [0.05, 0.1) is 0 Å². The Morgan fingerprint density at radius 1 is 1.26 bits per heavy atom. The zero-order valence-corrected chi connectivity index (χ0v) is 13.9. The molecule has 0 unspecified atom stereocenters. The summed E-state index contributed by atoms with van der Waals surface area (Å²) in [4.78, 5) is 24.9. The topological polar surface area (TPSA) is 78.4 Å². The van der Waals surface area contributed by atoms with Crippen LogP contribution in [-0.4, -0.2) is 29.6 Å². The second kappa shape index (κ2) is 7.89. The number of hydrogen-bond donors (Lipinski definition) is 3. The molecule has 0 aliphatic heterocycles. The molecule has 0 aliphatic carbocycles. The zero-order valence-electron chi connectivity index (χ0n) is 13.1. The van der Waals surface area contributed by atoms with Crippen molar-refractivity contribution in [3.05, 3.63) is 41.3 Å². The average Bonchev–Trinajstić information content (AvgIpc) is 2.93. The maximum atomic E-state index is 11.9. The minimum Gasteiger partial charge on any atom is -0.396 e. The molecule has 0 spiro atoms. The number of hydrogen-bond acceptors (Lipinski definition) is 4. The summed E-state index contributed by atoms with van der Waals surface area (Å²) in [6.07, 6.45) is 0.409. The Morgan fingerprint density at radius 2 is 2.04 bits per heavy atom. The molecule has 1 atom stereocenters. The maximum Gasteiger partial charge on any atom is 0.313 e. The highest BCUT2D eigenvalue weighted by molar-refractivity contribution is 7.13. The molecule has 1 aromatic heterocycles. The molecule has 122 valence electrons. The number of benzene rings is 1. The molecule has 2 aromatic rings. The van der Waals surface area contributed by atoms with Crippen molar-refractivity contribution in [3.8, 4) is 10.4 Å². The minimum atomic E-state index is -0.713. The molecule has 2 amide bonds. The van der Waals surface area contributed by atoms with Crippen LogP contribution in [0.2, 0.25) is 0 Å². The molecular weight excluding hydrogens is 312 g/mol. The number of aliphatic hydroxyl groups excluding tert-OH is 1. The first-order valence-electron chi connectivity index (χ1n) is 7.38. The lowest BCUT2D eigenvalue weighted by molar-refractivity contribution is -0.136. The number of anilines is 1. The smallest absolute Gasteiger partial charge is 0.313 e. The van der Waals surface area contributed by atoms with E-state index in [2.05, 4.69) is 10.6 Å². The first-order chi connectivity index (χ1) is 11.0. The second-order valence-electron chi connectivity index (χ2n) is 5.35. The Labute approximate surface area is 139 Å². The highest BCUT2D eigenvalue weighted by Crippen LogP contribution is 2.30. The van der Waals surface area contributed by atoms with Crippen molar-refractivity contribution in [3.63, 3.8) is 0 Å². The van der Waals surface area contributed by atoms with Crippen LogP contribution < -0.4 is 10.6 Å². The van der Waals surface area contributed by atoms with Gasteiger partial charge in [0.1, 0.15) is 0 Å². The molecule has 0 bridgehead atoms. The third-order valence-corrected chi connectivity index (χ3v) is 4.46. The summed E-state index contributed by atoms with van der Waals surface area (Å²) in [5.74, 6) is -1.42. The van der Waals surface area contributed by atoms with E-state index >= 15 is 0 Å². The first-order valence-corrected chi connectivity index (χ1v) is 8.26. The molecule has 6 heteroatoms. The Kier molecular flexibility index (Phi) is 5.90. The van der Waals surface area contributed by atoms with E-state index in [0.717, 1.165) is 10.4 Å². The first kappa shape index (κ1) is 17.2. The lowest BCUT2D eigenvalue weighted by Crippen LogP contribution is -2.40. The molecule has 0 fully saturated rings. The van der Waals surface area contributed by atoms with Crippen molar-refractivity contribution in [1.29, 1.82) is 0 Å². The van der Waals surface area contributed by atoms with Gasteiger partial charge in [0.15, 0.2) is 0 Å². The predicted octanol–water partition coefficient (Wildman–Crippen LogP) is 2.55. The third-order valence-electron chi connectivity index (χ3n) is 3.39. The van der Waals surface area contributed by atoms with Crippen LogP contribution in [0.5, 0.6) is 0 Å². The van der Waals surface area contributed by atoms with Crippen molar-refractivity contribution in [1.82, 2.24) is 5.32 Å². The van der Waals surface area contributed by atoms with Crippen molar-refractivity contribution >= 4 is 28.8 Å². The van der Waals surface area contributed by atoms with Gasteiger partial charge in [-0.05, 0) is 55.0 Å². The quantitative estimate of drug-likeness (QED) is 0.736. The summed E-state index contributed by atoms with van der Waals surface area (Å²) < 4.78 is 0. The standard InChI is InChI=1S/C17H20N2O3S/c1-11-7-9-23-15(11)13-4-3-5-14(10-13)19-17(22)16(21)18-12(2)6-8-20/h3-5,7,9-10,12,20H,6,8H2,1-2H3,(H,18,21)(H,19,22)/t12-/m1/s1. The van der Waals surface area contributed by atoms with E-state index in [1.807, 2.05) is 36.6 Å². The predicted molar refractivity (Wildman–Crippen MR) is 92.4 cm³/mol. The largest absolute Gasteiger partial charge is 0.396 e. The Bertz CT molecular complexity index is 697. The van der Waals surface area contributed by atoms with Gasteiger partial charge in [-0.1, -0.05) is 12.1 Å². The van der Waals surface area contributed by atoms with E-state index in [-0.39, 0.29) is 12.6 Å². The van der Waals surface area contributed by atoms with Crippen LogP contribution in [0.1, 0.15) is 18.9 Å². The Morgan fingerprint density at radius 3 is 2.70 bits per heavy atom. The van der Waals surface area contributed by atoms with Crippen LogP contribution in [0, 0.1) is 6.92 Å². The lowest BCUT2D eigenvalue weighted by Gasteiger charge is -2.12. The fraction of sp³-hybridized carbons (Fsp3) is 0.294. The summed E-state index contributed by atoms with van der Waals surface area (Å²) in [7, 11) is 0. The Balaban J connectivity index is 2.04. The van der Waals surface area contributed by atoms with Gasteiger partial charge >= 0.3 is 11.8 Å². The molecule has 0 saturated carbocycles. The van der Waals surface area contributed by atoms with E-state index in [4.69, 9.17) is 5.11 Å². The van der Waals surface area contributed by atoms with E-state index < -0.39 is 11.8 Å². The minimum absolute atomic E-state index is 0.0364. The summed E-state index contributed by atoms with van der Waals surface area (Å²) in [6.45, 7) is 3.74. The zero-order chi connectivity index (χ0) is 16.8. The number of rotatable bonds is 5. The number of carbonyl (C=O) groups is 2. The number of aliphatic hydroxyl groups is 1. The monoisotopic (exact) mass is 332 g/mol. The molecule has 0 radical (unpaired) electrons. The molecule has 0 aliphatic rings. The average molecular weight is 332 g/mol. The summed E-state index contributed by atoms with van der Waals surface area (Å²) in [6, 6.07) is 9.20. The van der Waals surface area contributed by atoms with Gasteiger partial charge in [-0.15, -0.1) is 11.3 Å². The van der Waals surface area contributed by atoms with Gasteiger partial charge in [-0.3, -0.25) is 9.59 Å². The SMILES string of the molecule is Cc1ccsc1-c1cccc(NC(=O)C(=O)N[C@H](C)CCO)c1. The third kappa shape index (κ3) is 4.64. The van der Waals surface area contributed by atoms with Crippen LogP contribution >= 0.6 is 11.3 Å². The molecule has 23 heavy (non-hydrogen) atoms. The maximum absolute atomic E-state index is 11.9. The normalized spacial score (nSPS) is 11.8. The van der Waals surface area contributed by atoms with E-state index in [0.29, 0.717) is 12.1 Å². The van der Waals surface area contributed by atoms with E-state index in [1.165, 1.54) is 5.56 Å². The van der Waals surface area contributed by atoms with Crippen molar-refractivity contribution in [2.45, 2.75) is 26.3 Å². The number of thiophene rings is 1. The molecule has 1 heterocycles. The number of carbonyl (C=O) groups excluding carboxylic acids is 2. The van der Waals surface area contributed by atoms with Crippen LogP contribution in [0.15, 0.2) is 35.7 Å². The van der Waals surface area contributed by atoms with Gasteiger partial charge < -0.3 is 15.7 Å². The second-order valence-corrected chi connectivity index (χ2v) is 6.27. The summed E-state index contributed by atoms with van der Waals surface area (Å²) in [5, 5.41) is 16.0. The van der Waals surface area contributed by atoms with Crippen LogP contribution in [-0.2, 0) is 9.59 Å². The van der Waals surface area contributed by atoms with E-state index in [1.54, 1.807) is 24.3 Å². The van der Waals surface area contributed by atoms with Gasteiger partial charge in [-0.2, -0.15) is 0 Å². The van der Waals surface area contributed by atoms with Gasteiger partial charge in [0.2, 0.25) is 0 Å². The number of nitrogens with one attached hydrogen (secondary N) is 2.